The second-order valence-corrected chi connectivity index (χ2v) is 19.5. The quantitative estimate of drug-likeness (QED) is 0.0261. The summed E-state index contributed by atoms with van der Waals surface area (Å²) in [6.07, 6.45) is 85.9. The Kier molecular flexibility index (Phi) is 57.4. The SMILES string of the molecule is CC/C=C\C/C=C\C/C=C\C/C=C\C/C=C\C/C=C\C/C=C\CCCCCCCC(=O)OCC(COC(=O)CCCCCCCCCCCCCCCC)OC(=O)CCCC/C=C\C/C=C\C/C=C\C/C=C\CC. The Morgan fingerprint density at radius 2 is 0.527 bits per heavy atom. The summed E-state index contributed by atoms with van der Waals surface area (Å²) < 4.78 is 16.8. The molecule has 0 aromatic rings. The monoisotopic (exact) mass is 1020 g/mol. The van der Waals surface area contributed by atoms with E-state index in [4.69, 9.17) is 14.2 Å². The molecule has 0 saturated heterocycles. The minimum atomic E-state index is -0.812. The van der Waals surface area contributed by atoms with Crippen LogP contribution in [0.2, 0.25) is 0 Å². The van der Waals surface area contributed by atoms with E-state index in [1.54, 1.807) is 0 Å². The van der Waals surface area contributed by atoms with E-state index in [0.29, 0.717) is 19.3 Å². The van der Waals surface area contributed by atoms with Crippen LogP contribution in [0.15, 0.2) is 134 Å². The minimum absolute atomic E-state index is 0.103. The van der Waals surface area contributed by atoms with Crippen molar-refractivity contribution in [1.29, 1.82) is 0 Å². The Bertz CT molecular complexity index is 1600. The molecule has 6 heteroatoms. The van der Waals surface area contributed by atoms with Gasteiger partial charge in [0.2, 0.25) is 0 Å². The molecule has 0 bridgehead atoms. The molecule has 0 N–H and O–H groups in total. The average Bonchev–Trinajstić information content (AvgIpc) is 3.40. The van der Waals surface area contributed by atoms with E-state index in [9.17, 15) is 14.4 Å². The Hall–Kier alpha value is -4.45. The largest absolute Gasteiger partial charge is 0.462 e. The lowest BCUT2D eigenvalue weighted by Gasteiger charge is -2.18. The van der Waals surface area contributed by atoms with Gasteiger partial charge < -0.3 is 14.2 Å². The third-order valence-electron chi connectivity index (χ3n) is 12.4. The van der Waals surface area contributed by atoms with Crippen LogP contribution < -0.4 is 0 Å². The van der Waals surface area contributed by atoms with Gasteiger partial charge in [-0.3, -0.25) is 14.4 Å². The maximum absolute atomic E-state index is 12.8. The maximum Gasteiger partial charge on any atom is 0.306 e. The molecule has 0 spiro atoms. The summed E-state index contributed by atoms with van der Waals surface area (Å²) in [5.74, 6) is -0.965. The van der Waals surface area contributed by atoms with Crippen LogP contribution >= 0.6 is 0 Å². The fourth-order valence-electron chi connectivity index (χ4n) is 7.94. The lowest BCUT2D eigenvalue weighted by atomic mass is 10.0. The van der Waals surface area contributed by atoms with Crippen LogP contribution in [0.1, 0.15) is 258 Å². The predicted molar refractivity (Wildman–Crippen MR) is 320 cm³/mol. The fraction of sp³-hybridized carbons (Fsp3) is 0.632. The van der Waals surface area contributed by atoms with E-state index in [1.807, 2.05) is 0 Å². The lowest BCUT2D eigenvalue weighted by Crippen LogP contribution is -2.30. The van der Waals surface area contributed by atoms with Crippen LogP contribution in [-0.2, 0) is 28.6 Å². The molecule has 0 aliphatic carbocycles. The van der Waals surface area contributed by atoms with Crippen LogP contribution in [0.3, 0.4) is 0 Å². The van der Waals surface area contributed by atoms with Crippen LogP contribution in [-0.4, -0.2) is 37.2 Å². The summed E-state index contributed by atoms with van der Waals surface area (Å²) >= 11 is 0. The van der Waals surface area contributed by atoms with Gasteiger partial charge in [-0.25, -0.2) is 0 Å². The molecule has 0 saturated carbocycles. The Balaban J connectivity index is 4.42. The van der Waals surface area contributed by atoms with Crippen molar-refractivity contribution < 1.29 is 28.6 Å². The molecule has 0 heterocycles. The zero-order chi connectivity index (χ0) is 53.6. The molecule has 74 heavy (non-hydrogen) atoms. The second kappa shape index (κ2) is 61.1. The normalized spacial score (nSPS) is 13.1. The van der Waals surface area contributed by atoms with Gasteiger partial charge in [0, 0.05) is 19.3 Å². The second-order valence-electron chi connectivity index (χ2n) is 19.5. The van der Waals surface area contributed by atoms with Crippen molar-refractivity contribution in [3.05, 3.63) is 134 Å². The number of rotatable bonds is 53. The van der Waals surface area contributed by atoms with Gasteiger partial charge in [0.25, 0.3) is 0 Å². The first-order valence-corrected chi connectivity index (χ1v) is 30.2. The van der Waals surface area contributed by atoms with Gasteiger partial charge in [-0.1, -0.05) is 257 Å². The van der Waals surface area contributed by atoms with Gasteiger partial charge in [-0.15, -0.1) is 0 Å². The number of hydrogen-bond donors (Lipinski definition) is 0. The summed E-state index contributed by atoms with van der Waals surface area (Å²) in [6.45, 7) is 6.36. The highest BCUT2D eigenvalue weighted by Crippen LogP contribution is 2.15. The Morgan fingerprint density at radius 3 is 0.851 bits per heavy atom. The van der Waals surface area contributed by atoms with Gasteiger partial charge in [-0.05, 0) is 116 Å². The van der Waals surface area contributed by atoms with E-state index < -0.39 is 6.10 Å². The van der Waals surface area contributed by atoms with Gasteiger partial charge in [-0.2, -0.15) is 0 Å². The third kappa shape index (κ3) is 58.4. The molecule has 0 radical (unpaired) electrons. The van der Waals surface area contributed by atoms with Crippen LogP contribution in [0.25, 0.3) is 0 Å². The smallest absolute Gasteiger partial charge is 0.306 e. The van der Waals surface area contributed by atoms with Crippen molar-refractivity contribution in [3.63, 3.8) is 0 Å². The van der Waals surface area contributed by atoms with E-state index in [2.05, 4.69) is 154 Å². The molecule has 1 unspecified atom stereocenters. The number of ether oxygens (including phenoxy) is 3. The van der Waals surface area contributed by atoms with E-state index in [1.165, 1.54) is 70.6 Å². The highest BCUT2D eigenvalue weighted by Gasteiger charge is 2.19. The van der Waals surface area contributed by atoms with Gasteiger partial charge in [0.15, 0.2) is 6.10 Å². The molecule has 418 valence electrons. The minimum Gasteiger partial charge on any atom is -0.462 e. The molecule has 0 aliphatic heterocycles. The maximum atomic E-state index is 12.8. The summed E-state index contributed by atoms with van der Waals surface area (Å²) in [5, 5.41) is 0. The van der Waals surface area contributed by atoms with Gasteiger partial charge >= 0.3 is 17.9 Å². The van der Waals surface area contributed by atoms with Crippen molar-refractivity contribution in [2.75, 3.05) is 13.2 Å². The zero-order valence-electron chi connectivity index (χ0n) is 47.8. The van der Waals surface area contributed by atoms with E-state index >= 15 is 0 Å². The number of carbonyl (C=O) groups is 3. The topological polar surface area (TPSA) is 78.9 Å². The number of allylic oxidation sites excluding steroid dienone is 22. The zero-order valence-corrected chi connectivity index (χ0v) is 47.8. The molecular formula is C68H110O6. The average molecular weight is 1020 g/mol. The molecule has 0 fully saturated rings. The molecule has 0 aromatic heterocycles. The fourth-order valence-corrected chi connectivity index (χ4v) is 7.94. The Labute approximate surface area is 455 Å². The van der Waals surface area contributed by atoms with E-state index in [0.717, 1.165) is 141 Å². The number of esters is 3. The highest BCUT2D eigenvalue weighted by atomic mass is 16.6. The first-order chi connectivity index (χ1) is 36.5. The van der Waals surface area contributed by atoms with Crippen molar-refractivity contribution in [2.45, 2.75) is 264 Å². The van der Waals surface area contributed by atoms with E-state index in [-0.39, 0.29) is 37.5 Å². The Morgan fingerprint density at radius 1 is 0.284 bits per heavy atom. The van der Waals surface area contributed by atoms with Crippen molar-refractivity contribution >= 4 is 17.9 Å². The highest BCUT2D eigenvalue weighted by molar-refractivity contribution is 5.71. The van der Waals surface area contributed by atoms with Crippen molar-refractivity contribution in [3.8, 4) is 0 Å². The molecule has 6 nitrogen and oxygen atoms in total. The number of carbonyl (C=O) groups excluding carboxylic acids is 3. The van der Waals surface area contributed by atoms with Gasteiger partial charge in [0.05, 0.1) is 0 Å². The van der Waals surface area contributed by atoms with Crippen LogP contribution in [0.4, 0.5) is 0 Å². The molecular weight excluding hydrogens is 913 g/mol. The molecule has 0 amide bonds. The third-order valence-corrected chi connectivity index (χ3v) is 12.4. The standard InChI is InChI=1S/C68H110O6/c1-4-7-10-13-16-19-22-25-28-29-30-31-32-33-34-35-36-37-38-39-41-43-46-49-52-55-58-61-67(70)73-64-65(63-72-66(69)60-57-54-51-48-45-42-27-24-21-18-15-12-9-6-3)74-68(71)62-59-56-53-50-47-44-40-26-23-20-17-14-11-8-5-2/h7-8,10-11,16-17,19-20,25-26,28,30-31,33-34,36-37,39-41,47,50,65H,4-6,9,12-15,18,21-24,27,29,32,35,38,42-46,48-49,51-64H2,1-3H3/b10-7-,11-8-,19-16-,20-17-,28-25-,31-30-,34-33-,37-36-,40-26-,41-39-,50-47-. The first-order valence-electron chi connectivity index (χ1n) is 30.2. The first kappa shape index (κ1) is 69.5. The van der Waals surface area contributed by atoms with Gasteiger partial charge in [0.1, 0.15) is 13.2 Å². The number of hydrogen-bond acceptors (Lipinski definition) is 6. The van der Waals surface area contributed by atoms with Crippen molar-refractivity contribution in [1.82, 2.24) is 0 Å². The summed E-state index contributed by atoms with van der Waals surface area (Å²) in [4.78, 5) is 38.2. The molecule has 1 atom stereocenters. The number of unbranched alkanes of at least 4 members (excludes halogenated alkanes) is 20. The van der Waals surface area contributed by atoms with Crippen molar-refractivity contribution in [2.24, 2.45) is 0 Å². The predicted octanol–water partition coefficient (Wildman–Crippen LogP) is 20.6. The summed E-state index contributed by atoms with van der Waals surface area (Å²) in [5.41, 5.74) is 0. The molecule has 0 aromatic carbocycles. The summed E-state index contributed by atoms with van der Waals surface area (Å²) in [6, 6.07) is 0. The van der Waals surface area contributed by atoms with Crippen LogP contribution in [0.5, 0.6) is 0 Å². The summed E-state index contributed by atoms with van der Waals surface area (Å²) in [7, 11) is 0. The lowest BCUT2D eigenvalue weighted by molar-refractivity contribution is -0.167. The molecule has 0 aliphatic rings. The molecule has 0 rings (SSSR count). The van der Waals surface area contributed by atoms with Crippen LogP contribution in [0, 0.1) is 0 Å².